The van der Waals surface area contributed by atoms with E-state index in [1.54, 1.807) is 51.7 Å². The molecule has 0 unspecified atom stereocenters. The monoisotopic (exact) mass is 908 g/mol. The highest BCUT2D eigenvalue weighted by Crippen LogP contribution is 2.41. The highest BCUT2D eigenvalue weighted by molar-refractivity contribution is 6.24. The lowest BCUT2D eigenvalue weighted by molar-refractivity contribution is -0.184. The lowest BCUT2D eigenvalue weighted by Crippen LogP contribution is -2.46. The summed E-state index contributed by atoms with van der Waals surface area (Å²) in [6.45, 7) is -4.93. The molecule has 0 bridgehead atoms. The van der Waals surface area contributed by atoms with Crippen LogP contribution < -0.4 is 29.6 Å². The Morgan fingerprint density at radius 2 is 1.12 bits per heavy atom. The molecule has 4 fully saturated rings. The molecule has 0 spiro atoms. The summed E-state index contributed by atoms with van der Waals surface area (Å²) in [5.41, 5.74) is 3.77. The van der Waals surface area contributed by atoms with Gasteiger partial charge in [0.2, 0.25) is 0 Å². The van der Waals surface area contributed by atoms with Gasteiger partial charge in [-0.3, -0.25) is 18.4 Å². The van der Waals surface area contributed by atoms with E-state index in [0.29, 0.717) is 52.6 Å². The number of fused-ring (bicyclic) bond motifs is 2. The first kappa shape index (κ1) is 43.1. The predicted octanol–water partition coefficient (Wildman–Crippen LogP) is 6.69. The van der Waals surface area contributed by atoms with Gasteiger partial charge < -0.3 is 44.2 Å². The van der Waals surface area contributed by atoms with Crippen molar-refractivity contribution in [2.45, 2.75) is 61.5 Å². The molecule has 6 heterocycles. The van der Waals surface area contributed by atoms with Crippen molar-refractivity contribution in [2.75, 3.05) is 40.6 Å². The van der Waals surface area contributed by atoms with Crippen molar-refractivity contribution in [1.82, 2.24) is 29.4 Å². The summed E-state index contributed by atoms with van der Waals surface area (Å²) in [7, 11) is 2.74. The molecule has 0 atom stereocenters. The molecule has 2 aromatic carbocycles. The number of hydrogen-bond acceptors (Lipinski definition) is 11. The Kier molecular flexibility index (Phi) is 11.5. The van der Waals surface area contributed by atoms with Gasteiger partial charge in [-0.2, -0.15) is 17.6 Å². The Morgan fingerprint density at radius 3 is 1.50 bits per heavy atom. The van der Waals surface area contributed by atoms with Crippen LogP contribution in [0.15, 0.2) is 73.3 Å². The van der Waals surface area contributed by atoms with E-state index in [9.17, 15) is 32.3 Å². The number of methoxy groups -OCH3 is 2. The number of carbonyl (C=O) groups excluding carboxylic acids is 2. The number of alkyl halides is 5. The van der Waals surface area contributed by atoms with E-state index in [1.165, 1.54) is 26.4 Å². The lowest BCUT2D eigenvalue weighted by Gasteiger charge is -2.36. The molecule has 4 aliphatic rings. The first-order valence-electron chi connectivity index (χ1n) is 20.2. The van der Waals surface area contributed by atoms with Crippen molar-refractivity contribution in [3.8, 4) is 45.5 Å². The zero-order valence-corrected chi connectivity index (χ0v) is 35.0. The van der Waals surface area contributed by atoms with Gasteiger partial charge in [-0.15, -0.1) is 11.6 Å². The third-order valence-electron chi connectivity index (χ3n) is 11.3. The topological polar surface area (TPSA) is 168 Å². The molecule has 2 amide bonds. The predicted molar refractivity (Wildman–Crippen MR) is 222 cm³/mol. The standard InChI is InChI=1S/C22H20ClF2N3O4.C22H21F2N3O5/c1-30-16-6-12(7-17(32-21(24)25)19(16)20(29)27-14-2-3-14)15-9-26-18-8-13(4-5-28(15)18)22(23)10-31-11-22;1-30-16-6-12(7-17(32-21(23)24)19(16)20(28)26-14-2-3-14)15-9-25-18-8-13(4-5-27(15)18)22(29)10-31-11-22/h4-9,14,21H,2-3,10-11H2,1H3,(H,27,29);4-9,14,21,29H,2-3,10-11H2,1H3,(H,26,28). The minimum Gasteiger partial charge on any atom is -0.496 e. The van der Waals surface area contributed by atoms with Crippen LogP contribution in [0.1, 0.15) is 57.5 Å². The van der Waals surface area contributed by atoms with Crippen LogP contribution in [0.2, 0.25) is 0 Å². The molecule has 0 radical (unpaired) electrons. The minimum absolute atomic E-state index is 0.0372. The number of pyridine rings is 2. The molecule has 15 nitrogen and oxygen atoms in total. The lowest BCUT2D eigenvalue weighted by atomic mass is 9.93. The number of imidazole rings is 2. The first-order valence-corrected chi connectivity index (χ1v) is 20.6. The number of hydrogen-bond donors (Lipinski definition) is 3. The maximum absolute atomic E-state index is 13.2. The maximum Gasteiger partial charge on any atom is 0.387 e. The van der Waals surface area contributed by atoms with Gasteiger partial charge in [-0.05, 0) is 85.3 Å². The van der Waals surface area contributed by atoms with Crippen LogP contribution in [0, 0.1) is 0 Å². The highest BCUT2D eigenvalue weighted by Gasteiger charge is 2.40. The molecule has 64 heavy (non-hydrogen) atoms. The Hall–Kier alpha value is -6.15. The Morgan fingerprint density at radius 1 is 0.703 bits per heavy atom. The minimum atomic E-state index is -3.11. The second kappa shape index (κ2) is 17.1. The number of halogens is 5. The van der Waals surface area contributed by atoms with E-state index in [4.69, 9.17) is 40.0 Å². The number of ether oxygens (including phenoxy) is 6. The molecule has 6 aromatic rings. The summed E-state index contributed by atoms with van der Waals surface area (Å²) in [4.78, 5) is 33.6. The molecule has 2 aliphatic carbocycles. The molecule has 3 N–H and O–H groups in total. The van der Waals surface area contributed by atoms with Gasteiger partial charge in [0, 0.05) is 35.6 Å². The van der Waals surface area contributed by atoms with Crippen molar-refractivity contribution < 1.29 is 60.7 Å². The van der Waals surface area contributed by atoms with E-state index >= 15 is 0 Å². The fraction of sp³-hybridized carbons (Fsp3) is 0.364. The number of rotatable bonds is 14. The van der Waals surface area contributed by atoms with Gasteiger partial charge in [-0.1, -0.05) is 0 Å². The number of aliphatic hydroxyl groups is 1. The van der Waals surface area contributed by atoms with Gasteiger partial charge in [0.05, 0.1) is 64.4 Å². The van der Waals surface area contributed by atoms with Gasteiger partial charge in [0.1, 0.15) is 55.9 Å². The number of aromatic nitrogens is 4. The number of nitrogens with one attached hydrogen (secondary N) is 2. The quantitative estimate of drug-likeness (QED) is 0.0787. The van der Waals surface area contributed by atoms with Crippen molar-refractivity contribution >= 4 is 34.7 Å². The fourth-order valence-electron chi connectivity index (χ4n) is 7.46. The van der Waals surface area contributed by atoms with Crippen LogP contribution in [0.5, 0.6) is 23.0 Å². The smallest absolute Gasteiger partial charge is 0.387 e. The molecule has 336 valence electrons. The highest BCUT2D eigenvalue weighted by atomic mass is 35.5. The van der Waals surface area contributed by atoms with E-state index < -0.39 is 35.5 Å². The third kappa shape index (κ3) is 8.59. The fourth-order valence-corrected chi connectivity index (χ4v) is 7.73. The Bertz CT molecular complexity index is 2570. The molecular weight excluding hydrogens is 868 g/mol. The molecule has 10 rings (SSSR count). The normalized spacial score (nSPS) is 17.3. The molecule has 2 saturated heterocycles. The summed E-state index contributed by atoms with van der Waals surface area (Å²) < 4.78 is 86.7. The van der Waals surface area contributed by atoms with Gasteiger partial charge in [0.15, 0.2) is 0 Å². The van der Waals surface area contributed by atoms with Crippen LogP contribution in [0.25, 0.3) is 33.8 Å². The van der Waals surface area contributed by atoms with E-state index in [1.807, 2.05) is 18.3 Å². The molecule has 4 aromatic heterocycles. The zero-order valence-electron chi connectivity index (χ0n) is 34.3. The number of amides is 2. The SMILES string of the molecule is COc1cc(-c2cnc3cc(C4(Cl)COC4)ccn23)cc(OC(F)F)c1C(=O)NC1CC1.COc1cc(-c2cnc3cc(C4(O)COC4)ccn23)cc(OC(F)F)c1C(=O)NC1CC1. The molecule has 2 saturated carbocycles. The van der Waals surface area contributed by atoms with Crippen LogP contribution in [0.3, 0.4) is 0 Å². The van der Waals surface area contributed by atoms with Crippen molar-refractivity contribution in [3.63, 3.8) is 0 Å². The zero-order chi connectivity index (χ0) is 44.9. The Balaban J connectivity index is 0.000000162. The van der Waals surface area contributed by atoms with Crippen molar-refractivity contribution in [2.24, 2.45) is 0 Å². The van der Waals surface area contributed by atoms with Crippen LogP contribution in [-0.4, -0.2) is 102 Å². The van der Waals surface area contributed by atoms with Crippen LogP contribution in [-0.2, 0) is 19.9 Å². The summed E-state index contributed by atoms with van der Waals surface area (Å²) in [6, 6.07) is 13.3. The first-order chi connectivity index (χ1) is 30.8. The third-order valence-corrected chi connectivity index (χ3v) is 11.7. The van der Waals surface area contributed by atoms with Crippen molar-refractivity contribution in [1.29, 1.82) is 0 Å². The summed E-state index contributed by atoms with van der Waals surface area (Å²) in [5, 5.41) is 16.1. The molecule has 20 heteroatoms. The van der Waals surface area contributed by atoms with E-state index in [0.717, 1.165) is 31.2 Å². The van der Waals surface area contributed by atoms with Crippen molar-refractivity contribution in [3.05, 3.63) is 95.6 Å². The second-order valence-electron chi connectivity index (χ2n) is 15.9. The second-order valence-corrected chi connectivity index (χ2v) is 16.6. The van der Waals surface area contributed by atoms with Gasteiger partial charge >= 0.3 is 13.2 Å². The number of carbonyl (C=O) groups is 2. The van der Waals surface area contributed by atoms with E-state index in [-0.39, 0.29) is 59.4 Å². The number of benzene rings is 2. The summed E-state index contributed by atoms with van der Waals surface area (Å²) >= 11 is 6.55. The average molecular weight is 909 g/mol. The van der Waals surface area contributed by atoms with Crippen LogP contribution in [0.4, 0.5) is 17.6 Å². The maximum atomic E-state index is 13.2. The van der Waals surface area contributed by atoms with E-state index in [2.05, 4.69) is 20.6 Å². The largest absolute Gasteiger partial charge is 0.496 e. The summed E-state index contributed by atoms with van der Waals surface area (Å²) in [5.74, 6) is -1.32. The molecule has 2 aliphatic heterocycles. The molecular formula is C44H41ClF4N6O9. The van der Waals surface area contributed by atoms with Crippen LogP contribution >= 0.6 is 11.6 Å². The Labute approximate surface area is 367 Å². The van der Waals surface area contributed by atoms with Gasteiger partial charge in [-0.25, -0.2) is 9.97 Å². The van der Waals surface area contributed by atoms with Gasteiger partial charge in [0.25, 0.3) is 11.8 Å². The number of nitrogens with zero attached hydrogens (tertiary/aromatic N) is 4. The summed E-state index contributed by atoms with van der Waals surface area (Å²) in [6.07, 6.45) is 10.1. The average Bonchev–Trinajstić information content (AvgIpc) is 4.17.